The zero-order valence-electron chi connectivity index (χ0n) is 16.3. The van der Waals surface area contributed by atoms with Crippen LogP contribution in [0.25, 0.3) is 0 Å². The first-order chi connectivity index (χ1) is 14.6. The second-order valence-electron chi connectivity index (χ2n) is 7.13. The Balaban J connectivity index is 1.54. The number of carbonyl (C=O) groups is 2. The number of hydrogen-bond acceptors (Lipinski definition) is 3. The van der Waals surface area contributed by atoms with Crippen LogP contribution >= 0.6 is 0 Å². The minimum atomic E-state index is -0.803. The van der Waals surface area contributed by atoms with Gasteiger partial charge in [0, 0.05) is 6.42 Å². The summed E-state index contributed by atoms with van der Waals surface area (Å²) < 4.78 is 19.5. The predicted octanol–water partition coefficient (Wildman–Crippen LogP) is 4.53. The lowest BCUT2D eigenvalue weighted by atomic mass is 9.94. The van der Waals surface area contributed by atoms with Crippen LogP contribution in [-0.4, -0.2) is 22.9 Å². The molecule has 0 radical (unpaired) electrons. The Bertz CT molecular complexity index is 1060. The molecule has 0 spiro atoms. The molecule has 6 heteroatoms. The molecule has 1 atom stereocenters. The Morgan fingerprint density at radius 2 is 1.60 bits per heavy atom. The van der Waals surface area contributed by atoms with E-state index in [9.17, 15) is 14.0 Å². The lowest BCUT2D eigenvalue weighted by Gasteiger charge is -2.35. The Morgan fingerprint density at radius 3 is 2.37 bits per heavy atom. The fraction of sp³-hybridized carbons (Fsp3) is 0.167. The van der Waals surface area contributed by atoms with Crippen molar-refractivity contribution in [2.75, 3.05) is 5.32 Å². The number of ether oxygens (including phenoxy) is 1. The normalized spacial score (nSPS) is 15.2. The van der Waals surface area contributed by atoms with Crippen molar-refractivity contribution in [3.05, 3.63) is 101 Å². The van der Waals surface area contributed by atoms with Crippen LogP contribution in [0.4, 0.5) is 14.9 Å². The molecule has 0 aliphatic carbocycles. The Labute approximate surface area is 174 Å². The molecule has 3 aromatic carbocycles. The van der Waals surface area contributed by atoms with E-state index in [1.807, 2.05) is 54.6 Å². The fourth-order valence-corrected chi connectivity index (χ4v) is 3.53. The van der Waals surface area contributed by atoms with Gasteiger partial charge < -0.3 is 10.1 Å². The molecule has 1 aliphatic rings. The third-order valence-electron chi connectivity index (χ3n) is 5.12. The van der Waals surface area contributed by atoms with Crippen molar-refractivity contribution in [2.45, 2.75) is 25.6 Å². The zero-order valence-corrected chi connectivity index (χ0v) is 16.3. The average molecular weight is 404 g/mol. The van der Waals surface area contributed by atoms with E-state index in [1.54, 1.807) is 12.1 Å². The number of benzene rings is 3. The van der Waals surface area contributed by atoms with Gasteiger partial charge in [-0.1, -0.05) is 66.7 Å². The van der Waals surface area contributed by atoms with Crippen LogP contribution in [0.3, 0.4) is 0 Å². The van der Waals surface area contributed by atoms with Crippen molar-refractivity contribution in [1.82, 2.24) is 4.90 Å². The second-order valence-corrected chi connectivity index (χ2v) is 7.13. The van der Waals surface area contributed by atoms with E-state index in [0.29, 0.717) is 6.42 Å². The number of halogens is 1. The first-order valence-electron chi connectivity index (χ1n) is 9.71. The molecule has 152 valence electrons. The molecule has 2 amide bonds. The van der Waals surface area contributed by atoms with Gasteiger partial charge in [-0.15, -0.1) is 0 Å². The number of amides is 2. The van der Waals surface area contributed by atoms with Crippen molar-refractivity contribution >= 4 is 17.7 Å². The Morgan fingerprint density at radius 1 is 0.933 bits per heavy atom. The first kappa shape index (κ1) is 19.6. The number of nitrogens with one attached hydrogen (secondary N) is 1. The summed E-state index contributed by atoms with van der Waals surface area (Å²) in [6.07, 6.45) is -0.251. The third-order valence-corrected chi connectivity index (χ3v) is 5.12. The van der Waals surface area contributed by atoms with Crippen LogP contribution in [0, 0.1) is 5.82 Å². The molecule has 0 saturated carbocycles. The number of anilines is 1. The van der Waals surface area contributed by atoms with E-state index in [-0.39, 0.29) is 18.8 Å². The monoisotopic (exact) mass is 404 g/mol. The summed E-state index contributed by atoms with van der Waals surface area (Å²) in [5.74, 6) is -0.980. The predicted molar refractivity (Wildman–Crippen MR) is 111 cm³/mol. The second kappa shape index (κ2) is 8.78. The topological polar surface area (TPSA) is 58.6 Å². The van der Waals surface area contributed by atoms with Crippen LogP contribution in [0.1, 0.15) is 16.7 Å². The highest BCUT2D eigenvalue weighted by molar-refractivity contribution is 5.97. The van der Waals surface area contributed by atoms with Crippen molar-refractivity contribution in [2.24, 2.45) is 0 Å². The zero-order chi connectivity index (χ0) is 20.9. The molecule has 0 unspecified atom stereocenters. The van der Waals surface area contributed by atoms with Crippen LogP contribution < -0.4 is 5.32 Å². The molecular weight excluding hydrogens is 383 g/mol. The van der Waals surface area contributed by atoms with E-state index in [1.165, 1.54) is 17.0 Å². The highest BCUT2D eigenvalue weighted by Crippen LogP contribution is 2.25. The van der Waals surface area contributed by atoms with Gasteiger partial charge in [-0.3, -0.25) is 9.69 Å². The van der Waals surface area contributed by atoms with Gasteiger partial charge in [0.05, 0.1) is 12.2 Å². The molecule has 0 fully saturated rings. The number of carbonyl (C=O) groups excluding carboxylic acids is 2. The van der Waals surface area contributed by atoms with E-state index >= 15 is 0 Å². The number of hydrogen-bond donors (Lipinski definition) is 1. The highest BCUT2D eigenvalue weighted by Gasteiger charge is 2.35. The molecule has 0 bridgehead atoms. The minimum Gasteiger partial charge on any atom is -0.445 e. The number of nitrogens with zero attached hydrogens (tertiary/aromatic N) is 1. The molecule has 0 saturated heterocycles. The molecule has 1 N–H and O–H groups in total. The smallest absolute Gasteiger partial charge is 0.411 e. The van der Waals surface area contributed by atoms with E-state index in [0.717, 1.165) is 16.7 Å². The molecule has 1 aliphatic heterocycles. The maximum absolute atomic E-state index is 14.0. The standard InChI is InChI=1S/C24H21FN2O3/c25-20-12-6-7-13-21(20)26-23(28)22-14-18-10-4-5-11-19(18)15-27(22)24(29)30-16-17-8-2-1-3-9-17/h1-13,22H,14-16H2,(H,26,28)/t22-/m0/s1. The van der Waals surface area contributed by atoms with Crippen molar-refractivity contribution in [3.8, 4) is 0 Å². The van der Waals surface area contributed by atoms with Crippen molar-refractivity contribution < 1.29 is 18.7 Å². The summed E-state index contributed by atoms with van der Waals surface area (Å²) in [5.41, 5.74) is 2.89. The van der Waals surface area contributed by atoms with Gasteiger partial charge in [0.25, 0.3) is 0 Å². The summed E-state index contributed by atoms with van der Waals surface area (Å²) in [6, 6.07) is 22.1. The first-order valence-corrected chi connectivity index (χ1v) is 9.71. The Kier molecular flexibility index (Phi) is 5.75. The number of fused-ring (bicyclic) bond motifs is 1. The molecule has 1 heterocycles. The molecule has 3 aromatic rings. The molecule has 30 heavy (non-hydrogen) atoms. The van der Waals surface area contributed by atoms with Gasteiger partial charge in [0.15, 0.2) is 0 Å². The van der Waals surface area contributed by atoms with Gasteiger partial charge in [0.1, 0.15) is 18.5 Å². The van der Waals surface area contributed by atoms with E-state index in [4.69, 9.17) is 4.74 Å². The van der Waals surface area contributed by atoms with Gasteiger partial charge in [-0.05, 0) is 28.8 Å². The quantitative estimate of drug-likeness (QED) is 0.695. The maximum Gasteiger partial charge on any atom is 0.411 e. The minimum absolute atomic E-state index is 0.0824. The van der Waals surface area contributed by atoms with Crippen molar-refractivity contribution in [3.63, 3.8) is 0 Å². The van der Waals surface area contributed by atoms with E-state index < -0.39 is 23.9 Å². The highest BCUT2D eigenvalue weighted by atomic mass is 19.1. The van der Waals surface area contributed by atoms with Gasteiger partial charge in [-0.2, -0.15) is 0 Å². The number of para-hydroxylation sites is 1. The summed E-state index contributed by atoms with van der Waals surface area (Å²) in [6.45, 7) is 0.360. The van der Waals surface area contributed by atoms with Gasteiger partial charge in [0.2, 0.25) is 5.91 Å². The summed E-state index contributed by atoms with van der Waals surface area (Å²) in [5, 5.41) is 2.61. The third kappa shape index (κ3) is 4.33. The fourth-order valence-electron chi connectivity index (χ4n) is 3.53. The van der Waals surface area contributed by atoms with Crippen LogP contribution in [-0.2, 0) is 29.1 Å². The molecular formula is C24H21FN2O3. The van der Waals surface area contributed by atoms with Crippen LogP contribution in [0.15, 0.2) is 78.9 Å². The summed E-state index contributed by atoms with van der Waals surface area (Å²) >= 11 is 0. The molecule has 4 rings (SSSR count). The lowest BCUT2D eigenvalue weighted by molar-refractivity contribution is -0.121. The largest absolute Gasteiger partial charge is 0.445 e. The summed E-state index contributed by atoms with van der Waals surface area (Å²) in [7, 11) is 0. The van der Waals surface area contributed by atoms with Gasteiger partial charge in [-0.25, -0.2) is 9.18 Å². The molecule has 5 nitrogen and oxygen atoms in total. The number of rotatable bonds is 4. The Hall–Kier alpha value is -3.67. The maximum atomic E-state index is 14.0. The SMILES string of the molecule is O=C(Nc1ccccc1F)[C@@H]1Cc2ccccc2CN1C(=O)OCc1ccccc1. The average Bonchev–Trinajstić information content (AvgIpc) is 2.78. The van der Waals surface area contributed by atoms with Gasteiger partial charge >= 0.3 is 6.09 Å². The summed E-state index contributed by atoms with van der Waals surface area (Å²) in [4.78, 5) is 27.3. The van der Waals surface area contributed by atoms with E-state index in [2.05, 4.69) is 5.32 Å². The van der Waals surface area contributed by atoms with Crippen LogP contribution in [0.5, 0.6) is 0 Å². The van der Waals surface area contributed by atoms with Crippen molar-refractivity contribution in [1.29, 1.82) is 0 Å². The lowest BCUT2D eigenvalue weighted by Crippen LogP contribution is -2.50. The van der Waals surface area contributed by atoms with Crippen LogP contribution in [0.2, 0.25) is 0 Å². The molecule has 0 aromatic heterocycles.